The third kappa shape index (κ3) is 3.44. The highest BCUT2D eigenvalue weighted by atomic mass is 32.1. The van der Waals surface area contributed by atoms with Crippen LogP contribution in [0.4, 0.5) is 0 Å². The Morgan fingerprint density at radius 3 is 2.52 bits per heavy atom. The molecule has 5 rings (SSSR count). The number of thiophene rings is 1. The molecule has 4 aromatic rings. The van der Waals surface area contributed by atoms with Crippen molar-refractivity contribution in [3.63, 3.8) is 0 Å². The van der Waals surface area contributed by atoms with Gasteiger partial charge in [-0.1, -0.05) is 23.5 Å². The highest BCUT2D eigenvalue weighted by Crippen LogP contribution is 2.32. The number of ether oxygens (including phenoxy) is 1. The van der Waals surface area contributed by atoms with Gasteiger partial charge in [0.15, 0.2) is 0 Å². The number of nitrogens with zero attached hydrogens (tertiary/aromatic N) is 5. The van der Waals surface area contributed by atoms with Crippen molar-refractivity contribution in [2.45, 2.75) is 32.4 Å². The molecule has 170 valence electrons. The number of nitrogens with one attached hydrogen (secondary N) is 1. The van der Waals surface area contributed by atoms with Crippen molar-refractivity contribution in [1.29, 1.82) is 0 Å². The number of likely N-dealkylation sites (tertiary alicyclic amines) is 1. The number of hydrogen-bond acceptors (Lipinski definition) is 7. The Bertz CT molecular complexity index is 1470. The Balaban J connectivity index is 1.53. The summed E-state index contributed by atoms with van der Waals surface area (Å²) in [7, 11) is 1.60. The number of carbonyl (C=O) groups excluding carboxylic acids is 1. The van der Waals surface area contributed by atoms with Gasteiger partial charge in [-0.3, -0.25) is 19.1 Å². The zero-order chi connectivity index (χ0) is 23.3. The van der Waals surface area contributed by atoms with Crippen LogP contribution in [0.3, 0.4) is 0 Å². The first kappa shape index (κ1) is 21.1. The number of rotatable bonds is 5. The summed E-state index contributed by atoms with van der Waals surface area (Å²) in [6.45, 7) is 4.22. The van der Waals surface area contributed by atoms with Crippen LogP contribution in [0.15, 0.2) is 46.2 Å². The van der Waals surface area contributed by atoms with E-state index < -0.39 is 16.8 Å². The predicted octanol–water partition coefficient (Wildman–Crippen LogP) is 1.80. The molecule has 1 unspecified atom stereocenters. The fraction of sp³-hybridized carbons (Fsp3) is 0.318. The number of H-pyrrole nitrogens is 1. The third-order valence-corrected chi connectivity index (χ3v) is 7.22. The molecule has 0 saturated carbocycles. The van der Waals surface area contributed by atoms with Crippen LogP contribution in [0.1, 0.15) is 24.5 Å². The average molecular weight is 467 g/mol. The van der Waals surface area contributed by atoms with Gasteiger partial charge in [-0.15, -0.1) is 4.80 Å². The van der Waals surface area contributed by atoms with Crippen molar-refractivity contribution in [2.24, 2.45) is 0 Å². The molecule has 0 bridgehead atoms. The molecule has 4 heterocycles. The van der Waals surface area contributed by atoms with Crippen LogP contribution in [-0.2, 0) is 16.9 Å². The Morgan fingerprint density at radius 2 is 1.85 bits per heavy atom. The van der Waals surface area contributed by atoms with E-state index in [1.54, 1.807) is 38.3 Å². The van der Waals surface area contributed by atoms with E-state index in [0.29, 0.717) is 27.3 Å². The van der Waals surface area contributed by atoms with Gasteiger partial charge in [-0.2, -0.15) is 10.2 Å². The SMILES string of the molecule is COc1ccc(CN2CC(C)(n3c(=O)[nH]c4sc(-n5nccn5)c(C)c4c3=O)CC2=O)cc1. The van der Waals surface area contributed by atoms with Crippen LogP contribution in [-0.4, -0.2) is 49.0 Å². The lowest BCUT2D eigenvalue weighted by Crippen LogP contribution is -2.49. The molecule has 1 aliphatic rings. The summed E-state index contributed by atoms with van der Waals surface area (Å²) in [5.41, 5.74) is -0.293. The molecule has 1 saturated heterocycles. The number of aromatic nitrogens is 5. The van der Waals surface area contributed by atoms with Gasteiger partial charge < -0.3 is 9.64 Å². The van der Waals surface area contributed by atoms with E-state index >= 15 is 0 Å². The zero-order valence-corrected chi connectivity index (χ0v) is 19.2. The number of amides is 1. The molecule has 0 aliphatic carbocycles. The van der Waals surface area contributed by atoms with Gasteiger partial charge in [0, 0.05) is 18.7 Å². The predicted molar refractivity (Wildman–Crippen MR) is 123 cm³/mol. The Labute approximate surface area is 192 Å². The maximum absolute atomic E-state index is 13.5. The number of aromatic amines is 1. The van der Waals surface area contributed by atoms with E-state index in [9.17, 15) is 14.4 Å². The molecule has 0 radical (unpaired) electrons. The number of fused-ring (bicyclic) bond motifs is 1. The van der Waals surface area contributed by atoms with Crippen LogP contribution in [0.25, 0.3) is 15.2 Å². The first-order valence-corrected chi connectivity index (χ1v) is 11.2. The van der Waals surface area contributed by atoms with Crippen LogP contribution in [0.2, 0.25) is 0 Å². The van der Waals surface area contributed by atoms with Crippen LogP contribution >= 0.6 is 11.3 Å². The summed E-state index contributed by atoms with van der Waals surface area (Å²) < 4.78 is 6.38. The minimum atomic E-state index is -0.971. The van der Waals surface area contributed by atoms with Gasteiger partial charge in [0.2, 0.25) is 5.91 Å². The van der Waals surface area contributed by atoms with E-state index in [4.69, 9.17) is 4.74 Å². The molecule has 0 spiro atoms. The lowest BCUT2D eigenvalue weighted by molar-refractivity contribution is -0.128. The molecular weight excluding hydrogens is 444 g/mol. The number of carbonyl (C=O) groups is 1. The number of hydrogen-bond donors (Lipinski definition) is 1. The van der Waals surface area contributed by atoms with Gasteiger partial charge in [-0.25, -0.2) is 4.79 Å². The van der Waals surface area contributed by atoms with Gasteiger partial charge in [0.25, 0.3) is 5.56 Å². The van der Waals surface area contributed by atoms with E-state index in [1.165, 1.54) is 20.7 Å². The molecule has 1 amide bonds. The molecule has 1 aromatic carbocycles. The molecule has 3 aromatic heterocycles. The average Bonchev–Trinajstić information content (AvgIpc) is 3.47. The Morgan fingerprint density at radius 1 is 1.15 bits per heavy atom. The lowest BCUT2D eigenvalue weighted by atomic mass is 10.0. The summed E-state index contributed by atoms with van der Waals surface area (Å²) in [5.74, 6) is 0.627. The van der Waals surface area contributed by atoms with Crippen LogP contribution in [0.5, 0.6) is 5.75 Å². The number of aryl methyl sites for hydroxylation is 1. The first-order chi connectivity index (χ1) is 15.8. The standard InChI is InChI=1S/C22H22N6O4S/c1-13-17-18(33-20(13)28-23-8-9-24-28)25-21(31)27(19(17)30)22(2)10-16(29)26(12-22)11-14-4-6-15(32-3)7-5-14/h4-9H,10-12H2,1-3H3,(H,25,31). The Kier molecular flexibility index (Phi) is 4.93. The molecule has 1 N–H and O–H groups in total. The van der Waals surface area contributed by atoms with E-state index in [-0.39, 0.29) is 18.9 Å². The van der Waals surface area contributed by atoms with Crippen molar-refractivity contribution in [3.8, 4) is 10.8 Å². The molecule has 1 atom stereocenters. The van der Waals surface area contributed by atoms with Crippen molar-refractivity contribution in [1.82, 2.24) is 29.4 Å². The van der Waals surface area contributed by atoms with Gasteiger partial charge in [0.1, 0.15) is 15.6 Å². The second-order valence-electron chi connectivity index (χ2n) is 8.40. The van der Waals surface area contributed by atoms with Crippen LogP contribution < -0.4 is 16.0 Å². The summed E-state index contributed by atoms with van der Waals surface area (Å²) >= 11 is 1.25. The molecule has 33 heavy (non-hydrogen) atoms. The topological polar surface area (TPSA) is 115 Å². The molecule has 11 heteroatoms. The molecule has 1 fully saturated rings. The summed E-state index contributed by atoms with van der Waals surface area (Å²) in [6.07, 6.45) is 3.16. The quantitative estimate of drug-likeness (QED) is 0.480. The highest BCUT2D eigenvalue weighted by molar-refractivity contribution is 7.21. The van der Waals surface area contributed by atoms with E-state index in [2.05, 4.69) is 15.2 Å². The largest absolute Gasteiger partial charge is 0.497 e. The maximum atomic E-state index is 13.5. The van der Waals surface area contributed by atoms with Crippen molar-refractivity contribution in [3.05, 3.63) is 68.6 Å². The van der Waals surface area contributed by atoms with Crippen molar-refractivity contribution >= 4 is 27.5 Å². The summed E-state index contributed by atoms with van der Waals surface area (Å²) in [4.78, 5) is 45.8. The molecule has 1 aliphatic heterocycles. The fourth-order valence-electron chi connectivity index (χ4n) is 4.44. The van der Waals surface area contributed by atoms with E-state index in [0.717, 1.165) is 11.3 Å². The van der Waals surface area contributed by atoms with Gasteiger partial charge in [-0.05, 0) is 31.5 Å². The highest BCUT2D eigenvalue weighted by Gasteiger charge is 2.43. The first-order valence-electron chi connectivity index (χ1n) is 10.4. The summed E-state index contributed by atoms with van der Waals surface area (Å²) in [6, 6.07) is 7.46. The lowest BCUT2D eigenvalue weighted by Gasteiger charge is -2.26. The molecule has 10 nitrogen and oxygen atoms in total. The Hall–Kier alpha value is -3.73. The smallest absolute Gasteiger partial charge is 0.330 e. The summed E-state index contributed by atoms with van der Waals surface area (Å²) in [5, 5.41) is 9.34. The van der Waals surface area contributed by atoms with Gasteiger partial charge in [0.05, 0.1) is 36.8 Å². The number of methoxy groups -OCH3 is 1. The van der Waals surface area contributed by atoms with Gasteiger partial charge >= 0.3 is 5.69 Å². The fourth-order valence-corrected chi connectivity index (χ4v) is 5.55. The van der Waals surface area contributed by atoms with Crippen LogP contribution in [0, 0.1) is 6.92 Å². The normalized spacial score (nSPS) is 18.4. The van der Waals surface area contributed by atoms with Crippen molar-refractivity contribution in [2.75, 3.05) is 13.7 Å². The minimum Gasteiger partial charge on any atom is -0.497 e. The molecular formula is C22H22N6O4S. The number of benzene rings is 1. The zero-order valence-electron chi connectivity index (χ0n) is 18.4. The monoisotopic (exact) mass is 466 g/mol. The van der Waals surface area contributed by atoms with Crippen molar-refractivity contribution < 1.29 is 9.53 Å². The maximum Gasteiger partial charge on any atom is 0.330 e. The third-order valence-electron chi connectivity index (χ3n) is 6.05. The van der Waals surface area contributed by atoms with E-state index in [1.807, 2.05) is 24.3 Å². The second kappa shape index (κ2) is 7.69. The second-order valence-corrected chi connectivity index (χ2v) is 9.40. The minimum absolute atomic E-state index is 0.0639.